The highest BCUT2D eigenvalue weighted by molar-refractivity contribution is 6.20. The van der Waals surface area contributed by atoms with Gasteiger partial charge in [-0.2, -0.15) is 5.26 Å². The Morgan fingerprint density at radius 1 is 1.21 bits per heavy atom. The molecule has 2 rings (SSSR count). The largest absolute Gasteiger partial charge is 0.253 e. The van der Waals surface area contributed by atoms with Crippen LogP contribution in [0.1, 0.15) is 64.6 Å². The zero-order valence-electron chi connectivity index (χ0n) is 15.3. The third-order valence-electron chi connectivity index (χ3n) is 4.69. The van der Waals surface area contributed by atoms with Gasteiger partial charge in [-0.05, 0) is 55.7 Å². The zero-order chi connectivity index (χ0) is 17.9. The van der Waals surface area contributed by atoms with Crippen LogP contribution >= 0.6 is 11.6 Å². The zero-order valence-corrected chi connectivity index (χ0v) is 16.1. The summed E-state index contributed by atoms with van der Waals surface area (Å²) in [6.45, 7) is 10.7. The Bertz CT molecular complexity index is 743. The number of halogens is 1. The normalized spacial score (nSPS) is 15.7. The van der Waals surface area contributed by atoms with E-state index in [1.807, 2.05) is 19.9 Å². The van der Waals surface area contributed by atoms with E-state index in [0.29, 0.717) is 0 Å². The third kappa shape index (κ3) is 4.28. The second-order valence-corrected chi connectivity index (χ2v) is 8.39. The van der Waals surface area contributed by atoms with Gasteiger partial charge in [-0.1, -0.05) is 39.0 Å². The topological polar surface area (TPSA) is 36.7 Å². The maximum atomic E-state index is 9.10. The van der Waals surface area contributed by atoms with E-state index >= 15 is 0 Å². The van der Waals surface area contributed by atoms with Crippen molar-refractivity contribution in [3.05, 3.63) is 41.6 Å². The molecule has 1 aromatic heterocycles. The number of fused-ring (bicyclic) bond motifs is 1. The van der Waals surface area contributed by atoms with Crippen molar-refractivity contribution in [2.45, 2.75) is 64.2 Å². The van der Waals surface area contributed by atoms with Crippen LogP contribution in [0.2, 0.25) is 0 Å². The summed E-state index contributed by atoms with van der Waals surface area (Å²) in [4.78, 5) is 4.87. The van der Waals surface area contributed by atoms with Crippen LogP contribution in [0, 0.1) is 17.2 Å². The van der Waals surface area contributed by atoms with Crippen LogP contribution in [0.3, 0.4) is 0 Å². The van der Waals surface area contributed by atoms with Crippen molar-refractivity contribution < 1.29 is 0 Å². The number of rotatable bonds is 6. The van der Waals surface area contributed by atoms with Gasteiger partial charge in [-0.3, -0.25) is 4.98 Å². The summed E-state index contributed by atoms with van der Waals surface area (Å²) in [6, 6.07) is 12.9. The Morgan fingerprint density at radius 3 is 2.50 bits per heavy atom. The average molecular weight is 343 g/mol. The molecule has 24 heavy (non-hydrogen) atoms. The Morgan fingerprint density at radius 2 is 1.88 bits per heavy atom. The van der Waals surface area contributed by atoms with Crippen LogP contribution in [-0.4, -0.2) is 10.4 Å². The molecule has 0 amide bonds. The van der Waals surface area contributed by atoms with Crippen LogP contribution in [0.5, 0.6) is 0 Å². The molecule has 1 aromatic carbocycles. The Hall–Kier alpha value is -1.59. The fraction of sp³-hybridized carbons (Fsp3) is 0.524. The van der Waals surface area contributed by atoms with Gasteiger partial charge in [0, 0.05) is 22.4 Å². The maximum Gasteiger partial charge on any atom is 0.0708 e. The molecular weight excluding hydrogens is 316 g/mol. The number of hydrogen-bond acceptors (Lipinski definition) is 2. The number of para-hydroxylation sites is 1. The molecule has 2 nitrogen and oxygen atoms in total. The summed E-state index contributed by atoms with van der Waals surface area (Å²) in [7, 11) is 0. The summed E-state index contributed by atoms with van der Waals surface area (Å²) in [5, 5.41) is 10.4. The minimum atomic E-state index is -0.0287. The molecule has 0 aliphatic rings. The standard InChI is InChI=1S/C21H27ClN2/c1-14(13-23)10-15(2)20-11-18(21(4,5)12-16(3)22)17-8-6-7-9-19(17)24-20/h6-9,11,14-16H,10,12H2,1-5H3. The minimum Gasteiger partial charge on any atom is -0.253 e. The molecule has 0 N–H and O–H groups in total. The molecule has 0 fully saturated rings. The average Bonchev–Trinajstić information content (AvgIpc) is 2.52. The smallest absolute Gasteiger partial charge is 0.0708 e. The van der Waals surface area contributed by atoms with Gasteiger partial charge in [0.1, 0.15) is 0 Å². The Labute approximate surface area is 150 Å². The van der Waals surface area contributed by atoms with Gasteiger partial charge in [-0.25, -0.2) is 0 Å². The monoisotopic (exact) mass is 342 g/mol. The molecule has 3 heteroatoms. The molecule has 3 unspecified atom stereocenters. The Kier molecular flexibility index (Phi) is 5.88. The van der Waals surface area contributed by atoms with Gasteiger partial charge < -0.3 is 0 Å². The van der Waals surface area contributed by atoms with Crippen molar-refractivity contribution >= 4 is 22.5 Å². The van der Waals surface area contributed by atoms with E-state index in [4.69, 9.17) is 21.8 Å². The number of benzene rings is 1. The molecule has 0 radical (unpaired) electrons. The van der Waals surface area contributed by atoms with Gasteiger partial charge in [0.25, 0.3) is 0 Å². The highest BCUT2D eigenvalue weighted by atomic mass is 35.5. The molecule has 0 spiro atoms. The van der Waals surface area contributed by atoms with Gasteiger partial charge >= 0.3 is 0 Å². The first-order chi connectivity index (χ1) is 11.2. The van der Waals surface area contributed by atoms with Crippen LogP contribution in [0.15, 0.2) is 30.3 Å². The molecule has 3 atom stereocenters. The molecule has 0 aliphatic carbocycles. The summed E-state index contributed by atoms with van der Waals surface area (Å²) in [5.74, 6) is 0.292. The number of pyridine rings is 1. The molecule has 1 heterocycles. The molecular formula is C21H27ClN2. The van der Waals surface area contributed by atoms with Crippen LogP contribution in [-0.2, 0) is 5.41 Å². The highest BCUT2D eigenvalue weighted by Gasteiger charge is 2.26. The predicted molar refractivity (Wildman–Crippen MR) is 103 cm³/mol. The lowest BCUT2D eigenvalue weighted by Crippen LogP contribution is -2.22. The van der Waals surface area contributed by atoms with Crippen molar-refractivity contribution in [1.82, 2.24) is 4.98 Å². The number of nitriles is 1. The van der Waals surface area contributed by atoms with Crippen molar-refractivity contribution in [3.63, 3.8) is 0 Å². The highest BCUT2D eigenvalue weighted by Crippen LogP contribution is 2.36. The third-order valence-corrected chi connectivity index (χ3v) is 4.84. The fourth-order valence-electron chi connectivity index (χ4n) is 3.53. The Balaban J connectivity index is 2.55. The first-order valence-electron chi connectivity index (χ1n) is 8.68. The van der Waals surface area contributed by atoms with E-state index in [9.17, 15) is 0 Å². The lowest BCUT2D eigenvalue weighted by atomic mass is 9.78. The van der Waals surface area contributed by atoms with Crippen LogP contribution < -0.4 is 0 Å². The minimum absolute atomic E-state index is 0.0287. The first kappa shape index (κ1) is 18.7. The number of hydrogen-bond donors (Lipinski definition) is 0. The van der Waals surface area contributed by atoms with E-state index in [1.165, 1.54) is 10.9 Å². The second-order valence-electron chi connectivity index (χ2n) is 7.65. The van der Waals surface area contributed by atoms with Crippen LogP contribution in [0.25, 0.3) is 10.9 Å². The van der Waals surface area contributed by atoms with E-state index in [-0.39, 0.29) is 22.6 Å². The molecule has 0 aliphatic heterocycles. The van der Waals surface area contributed by atoms with Gasteiger partial charge in [0.2, 0.25) is 0 Å². The summed E-state index contributed by atoms with van der Waals surface area (Å²) in [6.07, 6.45) is 1.73. The summed E-state index contributed by atoms with van der Waals surface area (Å²) < 4.78 is 0. The van der Waals surface area contributed by atoms with Gasteiger partial charge in [0.05, 0.1) is 11.6 Å². The summed E-state index contributed by atoms with van der Waals surface area (Å²) in [5.41, 5.74) is 3.36. The number of aromatic nitrogens is 1. The molecule has 0 saturated heterocycles. The molecule has 0 bridgehead atoms. The van der Waals surface area contributed by atoms with Crippen molar-refractivity contribution in [3.8, 4) is 6.07 Å². The predicted octanol–water partition coefficient (Wildman–Crippen LogP) is 6.18. The van der Waals surface area contributed by atoms with E-state index in [0.717, 1.165) is 24.1 Å². The quantitative estimate of drug-likeness (QED) is 0.587. The second kappa shape index (κ2) is 7.53. The van der Waals surface area contributed by atoms with Gasteiger partial charge in [0.15, 0.2) is 0 Å². The van der Waals surface area contributed by atoms with Gasteiger partial charge in [-0.15, -0.1) is 11.6 Å². The van der Waals surface area contributed by atoms with E-state index in [1.54, 1.807) is 0 Å². The lowest BCUT2D eigenvalue weighted by Gasteiger charge is -2.29. The van der Waals surface area contributed by atoms with Crippen LogP contribution in [0.4, 0.5) is 0 Å². The van der Waals surface area contributed by atoms with Crippen molar-refractivity contribution in [1.29, 1.82) is 5.26 Å². The van der Waals surface area contributed by atoms with E-state index in [2.05, 4.69) is 51.1 Å². The number of alkyl halides is 1. The lowest BCUT2D eigenvalue weighted by molar-refractivity contribution is 0.478. The maximum absolute atomic E-state index is 9.10. The molecule has 128 valence electrons. The molecule has 2 aromatic rings. The van der Waals surface area contributed by atoms with Crippen molar-refractivity contribution in [2.24, 2.45) is 5.92 Å². The first-order valence-corrected chi connectivity index (χ1v) is 9.12. The van der Waals surface area contributed by atoms with Crippen molar-refractivity contribution in [2.75, 3.05) is 0 Å². The number of nitrogens with zero attached hydrogens (tertiary/aromatic N) is 2. The summed E-state index contributed by atoms with van der Waals surface area (Å²) >= 11 is 6.30. The molecule has 0 saturated carbocycles. The fourth-order valence-corrected chi connectivity index (χ4v) is 3.91. The van der Waals surface area contributed by atoms with E-state index < -0.39 is 0 Å². The SMILES string of the molecule is CC(Cl)CC(C)(C)c1cc(C(C)CC(C)C#N)nc2ccccc12.